The molecule has 0 atom stereocenters. The lowest BCUT2D eigenvalue weighted by Crippen LogP contribution is -3.03. The Morgan fingerprint density at radius 2 is 1.93 bits per heavy atom. The lowest BCUT2D eigenvalue weighted by Gasteiger charge is -2.38. The molecule has 27 heavy (non-hydrogen) atoms. The molecule has 8 heteroatoms. The van der Waals surface area contributed by atoms with Crippen molar-refractivity contribution in [3.8, 4) is 6.07 Å². The molecule has 2 aromatic rings. The molecular formula is C19H21N4O3S+. The Balaban J connectivity index is 1.94. The first-order valence-corrected chi connectivity index (χ1v) is 9.35. The second kappa shape index (κ2) is 6.44. The number of nitriles is 1. The molecule has 1 amide bonds. The second-order valence-corrected chi connectivity index (χ2v) is 9.04. The summed E-state index contributed by atoms with van der Waals surface area (Å²) in [5.74, 6) is -0.388. The van der Waals surface area contributed by atoms with E-state index in [9.17, 15) is 20.2 Å². The number of nitro benzene ring substituents is 1. The normalized spacial score (nSPS) is 16.9. The Morgan fingerprint density at radius 1 is 1.30 bits per heavy atom. The van der Waals surface area contributed by atoms with Crippen LogP contribution in [0.3, 0.4) is 0 Å². The fraction of sp³-hybridized carbons (Fsp3) is 0.368. The van der Waals surface area contributed by atoms with E-state index >= 15 is 0 Å². The van der Waals surface area contributed by atoms with Gasteiger partial charge < -0.3 is 10.6 Å². The number of nitrogens with two attached hydrogens (primary N) is 1. The first kappa shape index (κ1) is 19.0. The minimum atomic E-state index is -0.511. The van der Waals surface area contributed by atoms with Gasteiger partial charge in [0, 0.05) is 24.1 Å². The first-order valence-electron chi connectivity index (χ1n) is 8.53. The molecular weight excluding hydrogens is 364 g/mol. The highest BCUT2D eigenvalue weighted by Crippen LogP contribution is 2.41. The maximum atomic E-state index is 12.6. The molecule has 1 aromatic carbocycles. The van der Waals surface area contributed by atoms with Crippen molar-refractivity contribution in [2.24, 2.45) is 0 Å². The van der Waals surface area contributed by atoms with Crippen LogP contribution < -0.4 is 10.6 Å². The number of anilines is 1. The Morgan fingerprint density at radius 3 is 2.48 bits per heavy atom. The van der Waals surface area contributed by atoms with E-state index in [1.54, 1.807) is 0 Å². The minimum Gasteiger partial charge on any atom is -0.333 e. The molecule has 3 rings (SSSR count). The first-order chi connectivity index (χ1) is 12.5. The maximum absolute atomic E-state index is 12.6. The molecule has 0 saturated heterocycles. The lowest BCUT2D eigenvalue weighted by molar-refractivity contribution is -0.789. The van der Waals surface area contributed by atoms with Crippen LogP contribution in [-0.4, -0.2) is 16.4 Å². The van der Waals surface area contributed by atoms with Crippen molar-refractivity contribution in [1.82, 2.24) is 0 Å². The number of rotatable bonds is 3. The summed E-state index contributed by atoms with van der Waals surface area (Å²) in [5, 5.41) is 26.1. The molecule has 0 bridgehead atoms. The van der Waals surface area contributed by atoms with Crippen LogP contribution in [0.4, 0.5) is 10.7 Å². The van der Waals surface area contributed by atoms with Gasteiger partial charge in [0.15, 0.2) is 0 Å². The van der Waals surface area contributed by atoms with Gasteiger partial charge in [0.25, 0.3) is 11.6 Å². The summed E-state index contributed by atoms with van der Waals surface area (Å²) in [6.45, 7) is 8.52. The van der Waals surface area contributed by atoms with E-state index < -0.39 is 4.92 Å². The highest BCUT2D eigenvalue weighted by molar-refractivity contribution is 7.16. The van der Waals surface area contributed by atoms with Gasteiger partial charge in [-0.05, 0) is 45.4 Å². The van der Waals surface area contributed by atoms with Crippen molar-refractivity contribution in [1.29, 1.82) is 5.26 Å². The van der Waals surface area contributed by atoms with Crippen molar-refractivity contribution in [2.45, 2.75) is 45.2 Å². The Hall–Kier alpha value is -2.76. The number of non-ortho nitro benzene ring substituents is 1. The van der Waals surface area contributed by atoms with Gasteiger partial charge in [-0.1, -0.05) is 0 Å². The van der Waals surface area contributed by atoms with Crippen molar-refractivity contribution in [2.75, 3.05) is 5.32 Å². The topological polar surface area (TPSA) is 113 Å². The average Bonchev–Trinajstić information content (AvgIpc) is 2.90. The third-order valence-electron chi connectivity index (χ3n) is 4.66. The molecule has 0 spiro atoms. The van der Waals surface area contributed by atoms with Gasteiger partial charge in [-0.25, -0.2) is 0 Å². The van der Waals surface area contributed by atoms with Crippen molar-refractivity contribution < 1.29 is 15.0 Å². The summed E-state index contributed by atoms with van der Waals surface area (Å²) in [6, 6.07) is 7.66. The van der Waals surface area contributed by atoms with Crippen LogP contribution in [0.25, 0.3) is 0 Å². The average molecular weight is 385 g/mol. The van der Waals surface area contributed by atoms with Crippen molar-refractivity contribution in [3.63, 3.8) is 0 Å². The van der Waals surface area contributed by atoms with E-state index in [0.29, 0.717) is 16.1 Å². The number of carbonyl (C=O) groups excluding carboxylic acids is 1. The Kier molecular flexibility index (Phi) is 4.54. The number of hydrogen-bond acceptors (Lipinski definition) is 5. The molecule has 7 nitrogen and oxygen atoms in total. The monoisotopic (exact) mass is 385 g/mol. The number of carbonyl (C=O) groups is 1. The van der Waals surface area contributed by atoms with Gasteiger partial charge >= 0.3 is 0 Å². The summed E-state index contributed by atoms with van der Waals surface area (Å²) in [7, 11) is 0. The third kappa shape index (κ3) is 3.56. The predicted octanol–water partition coefficient (Wildman–Crippen LogP) is 2.91. The minimum absolute atomic E-state index is 0.0389. The fourth-order valence-corrected chi connectivity index (χ4v) is 5.06. The second-order valence-electron chi connectivity index (χ2n) is 8.02. The molecule has 0 fully saturated rings. The largest absolute Gasteiger partial charge is 0.333 e. The van der Waals surface area contributed by atoms with Crippen LogP contribution in [0.1, 0.15) is 54.1 Å². The van der Waals surface area contributed by atoms with E-state index in [1.165, 1.54) is 35.6 Å². The summed E-state index contributed by atoms with van der Waals surface area (Å²) in [5.41, 5.74) is 1.52. The zero-order valence-corrected chi connectivity index (χ0v) is 16.4. The number of thiophene rings is 1. The van der Waals surface area contributed by atoms with Crippen molar-refractivity contribution in [3.05, 3.63) is 55.9 Å². The van der Waals surface area contributed by atoms with Crippen LogP contribution in [0.5, 0.6) is 0 Å². The summed E-state index contributed by atoms with van der Waals surface area (Å²) < 4.78 is 0. The molecule has 0 saturated carbocycles. The van der Waals surface area contributed by atoms with Gasteiger partial charge in [0.05, 0.1) is 20.9 Å². The summed E-state index contributed by atoms with van der Waals surface area (Å²) in [6.07, 6.45) is 0.749. The molecule has 0 radical (unpaired) electrons. The summed E-state index contributed by atoms with van der Waals surface area (Å²) >= 11 is 1.43. The molecule has 1 aliphatic heterocycles. The highest BCUT2D eigenvalue weighted by atomic mass is 32.1. The molecule has 1 aliphatic rings. The van der Waals surface area contributed by atoms with Gasteiger partial charge in [0.1, 0.15) is 16.6 Å². The lowest BCUT2D eigenvalue weighted by atomic mass is 9.81. The SMILES string of the molecule is CC1(C)Cc2c(sc(NC(=O)c3ccc([N+](=O)[O-])cc3)c2C#N)C(C)(C)[NH2+]1. The van der Waals surface area contributed by atoms with E-state index in [2.05, 4.69) is 44.4 Å². The number of nitro groups is 1. The number of quaternary nitrogens is 1. The van der Waals surface area contributed by atoms with E-state index in [-0.39, 0.29) is 22.7 Å². The molecule has 2 heterocycles. The van der Waals surface area contributed by atoms with E-state index in [4.69, 9.17) is 0 Å². The molecule has 3 N–H and O–H groups in total. The van der Waals surface area contributed by atoms with Gasteiger partial charge in [-0.3, -0.25) is 14.9 Å². The van der Waals surface area contributed by atoms with E-state index in [0.717, 1.165) is 16.9 Å². The van der Waals surface area contributed by atoms with Gasteiger partial charge in [-0.2, -0.15) is 5.26 Å². The Bertz CT molecular complexity index is 968. The van der Waals surface area contributed by atoms with Crippen LogP contribution in [0.2, 0.25) is 0 Å². The zero-order chi connectivity index (χ0) is 20.0. The maximum Gasteiger partial charge on any atom is 0.269 e. The van der Waals surface area contributed by atoms with Gasteiger partial charge in [0.2, 0.25) is 0 Å². The Labute approximate surface area is 161 Å². The van der Waals surface area contributed by atoms with Crippen LogP contribution in [-0.2, 0) is 12.0 Å². The van der Waals surface area contributed by atoms with Gasteiger partial charge in [-0.15, -0.1) is 11.3 Å². The highest BCUT2D eigenvalue weighted by Gasteiger charge is 2.44. The van der Waals surface area contributed by atoms with Crippen LogP contribution >= 0.6 is 11.3 Å². The number of amides is 1. The predicted molar refractivity (Wildman–Crippen MR) is 103 cm³/mol. The number of benzene rings is 1. The number of hydrogen-bond donors (Lipinski definition) is 2. The molecule has 0 aliphatic carbocycles. The number of nitrogens with one attached hydrogen (secondary N) is 1. The number of fused-ring (bicyclic) bond motifs is 1. The quantitative estimate of drug-likeness (QED) is 0.625. The molecule has 1 aromatic heterocycles. The third-order valence-corrected chi connectivity index (χ3v) is 6.14. The van der Waals surface area contributed by atoms with E-state index in [1.807, 2.05) is 0 Å². The van der Waals surface area contributed by atoms with Crippen LogP contribution in [0, 0.1) is 21.4 Å². The van der Waals surface area contributed by atoms with Crippen molar-refractivity contribution >= 4 is 27.9 Å². The number of nitrogens with zero attached hydrogens (tertiary/aromatic N) is 2. The summed E-state index contributed by atoms with van der Waals surface area (Å²) in [4.78, 5) is 23.9. The molecule has 0 unspecified atom stereocenters. The van der Waals surface area contributed by atoms with Crippen LogP contribution in [0.15, 0.2) is 24.3 Å². The standard InChI is InChI=1S/C19H20N4O3S/c1-18(2)9-13-14(10-20)17(27-15(13)19(3,4)22-18)21-16(24)11-5-7-12(8-6-11)23(25)26/h5-8,22H,9H2,1-4H3,(H,21,24)/p+1. The molecule has 140 valence electrons. The zero-order valence-electron chi connectivity index (χ0n) is 15.6. The smallest absolute Gasteiger partial charge is 0.269 e. The fourth-order valence-electron chi connectivity index (χ4n) is 3.82.